The number of aliphatic imine (C=N–C) groups is 1. The molecule has 3 heterocycles. The van der Waals surface area contributed by atoms with Gasteiger partial charge in [0.1, 0.15) is 12.4 Å². The average Bonchev–Trinajstić information content (AvgIpc) is 3.48. The predicted octanol–water partition coefficient (Wildman–Crippen LogP) is 4.09. The number of benzene rings is 1. The second kappa shape index (κ2) is 10.8. The molecule has 0 radical (unpaired) electrons. The predicted molar refractivity (Wildman–Crippen MR) is 129 cm³/mol. The highest BCUT2D eigenvalue weighted by Crippen LogP contribution is 2.44. The topological polar surface area (TPSA) is 84.6 Å². The maximum atomic E-state index is 13.1. The van der Waals surface area contributed by atoms with Gasteiger partial charge in [0.25, 0.3) is 0 Å². The number of carbonyl (C=O) groups is 2. The van der Waals surface area contributed by atoms with Crippen molar-refractivity contribution in [1.82, 2.24) is 9.80 Å². The fraction of sp³-hybridized carbons (Fsp3) is 0.320. The first-order valence-electron chi connectivity index (χ1n) is 10.9. The number of hydrogen-bond acceptors (Lipinski definition) is 8. The SMILES string of the molecule is COCCOC(=O)C1=C(C)N=C2SC=C(CC(=O)N(C)Cc3ccco3)N2[C@H]1c1ccccc1. The molecule has 2 aromatic rings. The van der Waals surface area contributed by atoms with Crippen molar-refractivity contribution in [1.29, 1.82) is 0 Å². The van der Waals surface area contributed by atoms with E-state index in [1.807, 2.05) is 53.6 Å². The first-order chi connectivity index (χ1) is 16.5. The van der Waals surface area contributed by atoms with Gasteiger partial charge in [0.2, 0.25) is 5.91 Å². The van der Waals surface area contributed by atoms with Crippen molar-refractivity contribution >= 4 is 28.8 Å². The molecule has 0 saturated carbocycles. The molecule has 2 aliphatic heterocycles. The van der Waals surface area contributed by atoms with Crippen LogP contribution in [-0.4, -0.2) is 54.2 Å². The van der Waals surface area contributed by atoms with Crippen molar-refractivity contribution in [3.63, 3.8) is 0 Å². The lowest BCUT2D eigenvalue weighted by Gasteiger charge is -2.36. The standard InChI is InChI=1S/C25H27N3O5S/c1-17-22(24(30)33-13-12-31-3)23(18-8-5-4-6-9-18)28-19(16-34-25(28)26-17)14-21(29)27(2)15-20-10-7-11-32-20/h4-11,16,23H,12-15H2,1-3H3/t23-/m0/s1. The van der Waals surface area contributed by atoms with Gasteiger partial charge >= 0.3 is 5.97 Å². The second-order valence-corrected chi connectivity index (χ2v) is 8.77. The Morgan fingerprint density at radius 3 is 2.68 bits per heavy atom. The van der Waals surface area contributed by atoms with Crippen LogP contribution in [0.2, 0.25) is 0 Å². The van der Waals surface area contributed by atoms with Gasteiger partial charge in [0, 0.05) is 19.9 Å². The van der Waals surface area contributed by atoms with Crippen LogP contribution in [0.1, 0.15) is 30.7 Å². The highest BCUT2D eigenvalue weighted by Gasteiger charge is 2.41. The van der Waals surface area contributed by atoms with E-state index in [4.69, 9.17) is 13.9 Å². The van der Waals surface area contributed by atoms with Gasteiger partial charge in [-0.05, 0) is 30.0 Å². The molecule has 0 saturated heterocycles. The third kappa shape index (κ3) is 5.10. The van der Waals surface area contributed by atoms with Crippen LogP contribution >= 0.6 is 11.8 Å². The molecular weight excluding hydrogens is 454 g/mol. The Hall–Kier alpha value is -3.30. The molecule has 8 nitrogen and oxygen atoms in total. The average molecular weight is 482 g/mol. The van der Waals surface area contributed by atoms with E-state index < -0.39 is 12.0 Å². The molecule has 0 unspecified atom stereocenters. The number of furan rings is 1. The van der Waals surface area contributed by atoms with E-state index >= 15 is 0 Å². The van der Waals surface area contributed by atoms with E-state index in [1.165, 1.54) is 11.8 Å². The third-order valence-electron chi connectivity index (χ3n) is 5.59. The monoisotopic (exact) mass is 481 g/mol. The summed E-state index contributed by atoms with van der Waals surface area (Å²) >= 11 is 1.45. The number of hydrogen-bond donors (Lipinski definition) is 0. The van der Waals surface area contributed by atoms with Crippen LogP contribution in [0.3, 0.4) is 0 Å². The van der Waals surface area contributed by atoms with Gasteiger partial charge in [0.15, 0.2) is 5.17 Å². The summed E-state index contributed by atoms with van der Waals surface area (Å²) in [7, 11) is 3.30. The number of allylic oxidation sites excluding steroid dienone is 1. The molecule has 0 fully saturated rings. The number of ether oxygens (including phenoxy) is 2. The van der Waals surface area contributed by atoms with Crippen molar-refractivity contribution < 1.29 is 23.5 Å². The van der Waals surface area contributed by atoms with Crippen LogP contribution in [0.25, 0.3) is 0 Å². The first-order valence-corrected chi connectivity index (χ1v) is 11.8. The van der Waals surface area contributed by atoms with E-state index in [0.717, 1.165) is 16.4 Å². The number of thioether (sulfide) groups is 1. The van der Waals surface area contributed by atoms with Crippen molar-refractivity contribution in [3.05, 3.63) is 82.4 Å². The number of amidine groups is 1. The molecule has 9 heteroatoms. The molecule has 0 aliphatic carbocycles. The van der Waals surface area contributed by atoms with Gasteiger partial charge in [0.05, 0.1) is 43.1 Å². The normalized spacial score (nSPS) is 17.3. The lowest BCUT2D eigenvalue weighted by molar-refractivity contribution is -0.141. The summed E-state index contributed by atoms with van der Waals surface area (Å²) in [6.07, 6.45) is 1.75. The van der Waals surface area contributed by atoms with Gasteiger partial charge in [-0.1, -0.05) is 42.1 Å². The Morgan fingerprint density at radius 2 is 1.97 bits per heavy atom. The highest BCUT2D eigenvalue weighted by molar-refractivity contribution is 8.16. The lowest BCUT2D eigenvalue weighted by atomic mass is 9.94. The highest BCUT2D eigenvalue weighted by atomic mass is 32.2. The summed E-state index contributed by atoms with van der Waals surface area (Å²) in [5.41, 5.74) is 2.75. The number of carbonyl (C=O) groups excluding carboxylic acids is 2. The zero-order valence-electron chi connectivity index (χ0n) is 19.4. The second-order valence-electron chi connectivity index (χ2n) is 7.94. The van der Waals surface area contributed by atoms with Crippen molar-refractivity contribution in [2.45, 2.75) is 25.9 Å². The Morgan fingerprint density at radius 1 is 1.18 bits per heavy atom. The number of amides is 1. The lowest BCUT2D eigenvalue weighted by Crippen LogP contribution is -2.38. The molecule has 0 N–H and O–H groups in total. The van der Waals surface area contributed by atoms with Crippen LogP contribution < -0.4 is 0 Å². The maximum Gasteiger partial charge on any atom is 0.338 e. The van der Waals surface area contributed by atoms with Crippen LogP contribution in [0, 0.1) is 0 Å². The fourth-order valence-corrected chi connectivity index (χ4v) is 4.86. The van der Waals surface area contributed by atoms with Gasteiger partial charge in [-0.2, -0.15) is 0 Å². The van der Waals surface area contributed by atoms with E-state index in [2.05, 4.69) is 4.99 Å². The quantitative estimate of drug-likeness (QED) is 0.394. The van der Waals surface area contributed by atoms with Gasteiger partial charge < -0.3 is 23.7 Å². The molecule has 178 valence electrons. The summed E-state index contributed by atoms with van der Waals surface area (Å²) in [4.78, 5) is 34.4. The van der Waals surface area contributed by atoms with Crippen molar-refractivity contribution in [2.24, 2.45) is 4.99 Å². The molecule has 4 rings (SSSR count). The Bertz CT molecular complexity index is 1120. The number of nitrogens with zero attached hydrogens (tertiary/aromatic N) is 3. The smallest absolute Gasteiger partial charge is 0.338 e. The molecule has 0 bridgehead atoms. The largest absolute Gasteiger partial charge is 0.467 e. The Kier molecular flexibility index (Phi) is 7.54. The van der Waals surface area contributed by atoms with Crippen molar-refractivity contribution in [2.75, 3.05) is 27.4 Å². The van der Waals surface area contributed by atoms with Crippen LogP contribution in [0.4, 0.5) is 0 Å². The van der Waals surface area contributed by atoms with Crippen molar-refractivity contribution in [3.8, 4) is 0 Å². The zero-order valence-corrected chi connectivity index (χ0v) is 20.2. The molecule has 1 atom stereocenters. The van der Waals surface area contributed by atoms with E-state index in [9.17, 15) is 9.59 Å². The van der Waals surface area contributed by atoms with Crippen LogP contribution in [0.15, 0.2) is 80.5 Å². The number of esters is 1. The number of fused-ring (bicyclic) bond motifs is 1. The van der Waals surface area contributed by atoms with E-state index in [-0.39, 0.29) is 18.9 Å². The maximum absolute atomic E-state index is 13.1. The number of methoxy groups -OCH3 is 1. The molecule has 34 heavy (non-hydrogen) atoms. The molecule has 1 amide bonds. The third-order valence-corrected chi connectivity index (χ3v) is 6.48. The fourth-order valence-electron chi connectivity index (χ4n) is 3.89. The number of rotatable bonds is 9. The minimum Gasteiger partial charge on any atom is -0.467 e. The Balaban J connectivity index is 1.60. The summed E-state index contributed by atoms with van der Waals surface area (Å²) in [5, 5.41) is 2.66. The van der Waals surface area contributed by atoms with Gasteiger partial charge in [-0.15, -0.1) is 0 Å². The van der Waals surface area contributed by atoms with Gasteiger partial charge in [-0.3, -0.25) is 4.79 Å². The minimum atomic E-state index is -0.451. The molecule has 2 aliphatic rings. The molecule has 0 spiro atoms. The van der Waals surface area contributed by atoms with E-state index in [0.29, 0.717) is 30.2 Å². The zero-order chi connectivity index (χ0) is 24.1. The van der Waals surface area contributed by atoms with Crippen LogP contribution in [0.5, 0.6) is 0 Å². The summed E-state index contributed by atoms with van der Waals surface area (Å²) < 4.78 is 15.9. The minimum absolute atomic E-state index is 0.0631. The van der Waals surface area contributed by atoms with Crippen LogP contribution in [-0.2, 0) is 25.6 Å². The molecular formula is C25H27N3O5S. The van der Waals surface area contributed by atoms with Gasteiger partial charge in [-0.25, -0.2) is 9.79 Å². The summed E-state index contributed by atoms with van der Waals surface area (Å²) in [5.74, 6) is 0.211. The summed E-state index contributed by atoms with van der Waals surface area (Å²) in [6, 6.07) is 12.9. The first kappa shape index (κ1) is 23.8. The van der Waals surface area contributed by atoms with E-state index in [1.54, 1.807) is 31.4 Å². The summed E-state index contributed by atoms with van der Waals surface area (Å²) in [6.45, 7) is 2.65. The molecule has 1 aromatic heterocycles. The Labute approximate surface area is 202 Å². The molecule has 1 aromatic carbocycles.